The molecule has 0 bridgehead atoms. The van der Waals surface area contributed by atoms with Crippen LogP contribution in [0.4, 0.5) is 16.2 Å². The summed E-state index contributed by atoms with van der Waals surface area (Å²) < 4.78 is 60.8. The molecule has 40 heavy (non-hydrogen) atoms. The predicted octanol–water partition coefficient (Wildman–Crippen LogP) is 6.10. The minimum Gasteiger partial charge on any atom is -0.379 e. The second kappa shape index (κ2) is 11.4. The van der Waals surface area contributed by atoms with Crippen molar-refractivity contribution in [3.8, 4) is 11.5 Å². The minimum atomic E-state index is -4.01. The number of carbonyl (C=O) groups excluding carboxylic acids is 1. The van der Waals surface area contributed by atoms with E-state index in [0.29, 0.717) is 11.4 Å². The predicted molar refractivity (Wildman–Crippen MR) is 153 cm³/mol. The average Bonchev–Trinajstić information content (AvgIpc) is 2.89. The first kappa shape index (κ1) is 28.7. The summed E-state index contributed by atoms with van der Waals surface area (Å²) in [7, 11) is -8.02. The number of amides is 2. The van der Waals surface area contributed by atoms with E-state index in [4.69, 9.17) is 8.37 Å². The van der Waals surface area contributed by atoms with Crippen LogP contribution >= 0.6 is 0 Å². The van der Waals surface area contributed by atoms with E-state index in [1.807, 2.05) is 27.7 Å². The fourth-order valence-corrected chi connectivity index (χ4v) is 5.60. The van der Waals surface area contributed by atoms with Gasteiger partial charge in [0.05, 0.1) is 0 Å². The summed E-state index contributed by atoms with van der Waals surface area (Å²) in [6.07, 6.45) is 0. The summed E-state index contributed by atoms with van der Waals surface area (Å²) in [6, 6.07) is 20.6. The lowest BCUT2D eigenvalue weighted by Gasteiger charge is -2.11. The number of aryl methyl sites for hydroxylation is 4. The lowest BCUT2D eigenvalue weighted by molar-refractivity contribution is 0.262. The van der Waals surface area contributed by atoms with Crippen molar-refractivity contribution in [1.82, 2.24) is 0 Å². The summed E-state index contributed by atoms with van der Waals surface area (Å²) >= 11 is 0. The Hall–Kier alpha value is -4.35. The first-order chi connectivity index (χ1) is 18.8. The van der Waals surface area contributed by atoms with Crippen LogP contribution in [0.1, 0.15) is 22.3 Å². The van der Waals surface area contributed by atoms with Crippen LogP contribution < -0.4 is 19.0 Å². The smallest absolute Gasteiger partial charge is 0.339 e. The maximum absolute atomic E-state index is 12.6. The molecule has 4 rings (SSSR count). The van der Waals surface area contributed by atoms with Gasteiger partial charge in [-0.15, -0.1) is 0 Å². The van der Waals surface area contributed by atoms with Crippen molar-refractivity contribution in [3.05, 3.63) is 107 Å². The molecule has 0 saturated heterocycles. The third-order valence-corrected chi connectivity index (χ3v) is 8.66. The zero-order valence-electron chi connectivity index (χ0n) is 22.3. The number of rotatable bonds is 8. The van der Waals surface area contributed by atoms with E-state index in [1.54, 1.807) is 24.3 Å². The van der Waals surface area contributed by atoms with Crippen LogP contribution in [0.3, 0.4) is 0 Å². The van der Waals surface area contributed by atoms with Gasteiger partial charge in [0.15, 0.2) is 0 Å². The standard InChI is InChI=1S/C29H28N2O7S2/c1-19-5-15-27(17-21(19)3)39(33,34)37-25-11-7-23(8-12-25)30-29(32)31-24-9-13-26(14-10-24)38-40(35,36)28-16-6-20(2)22(4)18-28/h5-18H,1-4H3,(H2,30,31,32). The zero-order valence-corrected chi connectivity index (χ0v) is 23.9. The molecule has 4 aromatic rings. The van der Waals surface area contributed by atoms with Gasteiger partial charge in [0.1, 0.15) is 21.3 Å². The molecule has 0 fully saturated rings. The number of anilines is 2. The van der Waals surface area contributed by atoms with E-state index in [2.05, 4.69) is 10.6 Å². The molecule has 2 amide bonds. The topological polar surface area (TPSA) is 128 Å². The van der Waals surface area contributed by atoms with E-state index in [0.717, 1.165) is 22.3 Å². The second-order valence-corrected chi connectivity index (χ2v) is 12.3. The quantitative estimate of drug-likeness (QED) is 0.241. The van der Waals surface area contributed by atoms with E-state index in [1.165, 1.54) is 60.7 Å². The number of benzene rings is 4. The molecule has 208 valence electrons. The van der Waals surface area contributed by atoms with Crippen LogP contribution in [0, 0.1) is 27.7 Å². The van der Waals surface area contributed by atoms with Crippen molar-refractivity contribution in [2.24, 2.45) is 0 Å². The number of hydrogen-bond donors (Lipinski definition) is 2. The Morgan fingerprint density at radius 2 is 0.875 bits per heavy atom. The number of hydrogen-bond acceptors (Lipinski definition) is 7. The molecule has 0 aromatic heterocycles. The Kier molecular flexibility index (Phi) is 8.17. The molecular formula is C29H28N2O7S2. The van der Waals surface area contributed by atoms with Crippen molar-refractivity contribution in [2.75, 3.05) is 10.6 Å². The summed E-state index contributed by atoms with van der Waals surface area (Å²) in [6.45, 7) is 7.41. The SMILES string of the molecule is Cc1ccc(S(=O)(=O)Oc2ccc(NC(=O)Nc3ccc(OS(=O)(=O)c4ccc(C)c(C)c4)cc3)cc2)cc1C. The van der Waals surface area contributed by atoms with Crippen molar-refractivity contribution in [1.29, 1.82) is 0 Å². The summed E-state index contributed by atoms with van der Waals surface area (Å²) in [4.78, 5) is 12.5. The fourth-order valence-electron chi connectivity index (χ4n) is 3.57. The Morgan fingerprint density at radius 3 is 1.20 bits per heavy atom. The highest BCUT2D eigenvalue weighted by Crippen LogP contribution is 2.24. The normalized spacial score (nSPS) is 11.5. The van der Waals surface area contributed by atoms with Gasteiger partial charge in [-0.1, -0.05) is 12.1 Å². The molecule has 0 aliphatic heterocycles. The van der Waals surface area contributed by atoms with Gasteiger partial charge in [0.2, 0.25) is 0 Å². The van der Waals surface area contributed by atoms with Gasteiger partial charge >= 0.3 is 26.3 Å². The average molecular weight is 581 g/mol. The molecule has 2 N–H and O–H groups in total. The number of nitrogens with one attached hydrogen (secondary N) is 2. The molecular weight excluding hydrogens is 552 g/mol. The van der Waals surface area contributed by atoms with E-state index < -0.39 is 26.3 Å². The molecule has 0 unspecified atom stereocenters. The highest BCUT2D eigenvalue weighted by molar-refractivity contribution is 7.87. The monoisotopic (exact) mass is 580 g/mol. The van der Waals surface area contributed by atoms with Crippen LogP contribution in [-0.2, 0) is 20.2 Å². The van der Waals surface area contributed by atoms with Gasteiger partial charge in [-0.05, 0) is 123 Å². The van der Waals surface area contributed by atoms with Crippen LogP contribution in [0.15, 0.2) is 94.7 Å². The Morgan fingerprint density at radius 1 is 0.525 bits per heavy atom. The second-order valence-electron chi connectivity index (χ2n) is 9.19. The molecule has 11 heteroatoms. The third-order valence-electron chi connectivity index (χ3n) is 6.17. The van der Waals surface area contributed by atoms with Gasteiger partial charge < -0.3 is 19.0 Å². The summed E-state index contributed by atoms with van der Waals surface area (Å²) in [5.41, 5.74) is 4.40. The van der Waals surface area contributed by atoms with E-state index in [9.17, 15) is 21.6 Å². The van der Waals surface area contributed by atoms with Crippen LogP contribution in [0.25, 0.3) is 0 Å². The molecule has 0 aliphatic rings. The molecule has 9 nitrogen and oxygen atoms in total. The zero-order chi connectivity index (χ0) is 29.1. The maximum atomic E-state index is 12.6. The van der Waals surface area contributed by atoms with Crippen molar-refractivity contribution < 1.29 is 30.0 Å². The molecule has 0 aliphatic carbocycles. The number of urea groups is 1. The molecule has 4 aromatic carbocycles. The van der Waals surface area contributed by atoms with Gasteiger partial charge in [-0.25, -0.2) is 4.79 Å². The van der Waals surface area contributed by atoms with Gasteiger partial charge in [0, 0.05) is 11.4 Å². The van der Waals surface area contributed by atoms with E-state index >= 15 is 0 Å². The minimum absolute atomic E-state index is 0.0523. The summed E-state index contributed by atoms with van der Waals surface area (Å²) in [5, 5.41) is 5.26. The summed E-state index contributed by atoms with van der Waals surface area (Å²) in [5.74, 6) is 0.186. The molecule has 0 radical (unpaired) electrons. The number of carbonyl (C=O) groups is 1. The third kappa shape index (κ3) is 6.99. The largest absolute Gasteiger partial charge is 0.379 e. The van der Waals surface area contributed by atoms with Gasteiger partial charge in [0.25, 0.3) is 0 Å². The lowest BCUT2D eigenvalue weighted by Crippen LogP contribution is -2.19. The highest BCUT2D eigenvalue weighted by atomic mass is 32.2. The van der Waals surface area contributed by atoms with Crippen LogP contribution in [0.5, 0.6) is 11.5 Å². The van der Waals surface area contributed by atoms with Crippen LogP contribution in [0.2, 0.25) is 0 Å². The molecule has 0 saturated carbocycles. The Bertz CT molecular complexity index is 1640. The van der Waals surface area contributed by atoms with Gasteiger partial charge in [-0.2, -0.15) is 16.8 Å². The molecule has 0 spiro atoms. The van der Waals surface area contributed by atoms with Crippen molar-refractivity contribution >= 4 is 37.6 Å². The lowest BCUT2D eigenvalue weighted by atomic mass is 10.1. The Labute approximate surface area is 234 Å². The fraction of sp³-hybridized carbons (Fsp3) is 0.138. The molecule has 0 heterocycles. The van der Waals surface area contributed by atoms with Crippen molar-refractivity contribution in [3.63, 3.8) is 0 Å². The first-order valence-corrected chi connectivity index (χ1v) is 15.0. The highest BCUT2D eigenvalue weighted by Gasteiger charge is 2.19. The maximum Gasteiger partial charge on any atom is 0.339 e. The Balaban J connectivity index is 1.33. The molecule has 0 atom stereocenters. The van der Waals surface area contributed by atoms with Crippen molar-refractivity contribution in [2.45, 2.75) is 37.5 Å². The van der Waals surface area contributed by atoms with Crippen LogP contribution in [-0.4, -0.2) is 22.9 Å². The van der Waals surface area contributed by atoms with E-state index in [-0.39, 0.29) is 21.3 Å². The first-order valence-electron chi connectivity index (χ1n) is 12.1. The van der Waals surface area contributed by atoms with Gasteiger partial charge in [-0.3, -0.25) is 0 Å².